The molecule has 2 atom stereocenters. The first kappa shape index (κ1) is 40.0. The Labute approximate surface area is 361 Å². The van der Waals surface area contributed by atoms with Gasteiger partial charge in [0.25, 0.3) is 0 Å². The van der Waals surface area contributed by atoms with Crippen LogP contribution in [0.5, 0.6) is 0 Å². The zero-order chi connectivity index (χ0) is 40.9. The predicted octanol–water partition coefficient (Wildman–Crippen LogP) is 6.00. The number of hydrogen-bond acceptors (Lipinski definition) is 9. The largest absolute Gasteiger partial charge is 0.355 e. The number of hydrogen-bond donors (Lipinski definition) is 6. The Bertz CT molecular complexity index is 2380. The Morgan fingerprint density at radius 2 is 0.983 bits per heavy atom. The number of H-pyrrole nitrogens is 2. The second-order valence-corrected chi connectivity index (χ2v) is 17.8. The van der Waals surface area contributed by atoms with E-state index in [2.05, 4.69) is 101 Å². The van der Waals surface area contributed by atoms with Crippen LogP contribution < -0.4 is 22.1 Å². The molecule has 13 heteroatoms. The summed E-state index contributed by atoms with van der Waals surface area (Å²) >= 11 is 13.8. The van der Waals surface area contributed by atoms with Crippen LogP contribution in [0.1, 0.15) is 45.5 Å². The predicted molar refractivity (Wildman–Crippen MR) is 243 cm³/mol. The molecule has 0 amide bonds. The molecule has 2 aromatic heterocycles. The molecule has 10 rings (SSSR count). The Hall–Kier alpha value is -4.11. The van der Waals surface area contributed by atoms with Crippen molar-refractivity contribution in [3.05, 3.63) is 116 Å². The Morgan fingerprint density at radius 1 is 0.567 bits per heavy atom. The minimum atomic E-state index is -0.564. The maximum Gasteiger partial charge on any atom is 0.175 e. The standard InChI is InChI=1S/C47H54Cl2N10O/c48-37-5-3-33(41-23-31-21-29(1-7-39(31)54-41)27-58-17-13-56(11-9-50)14-18-58)43-35(37)25-52-45(43)47(60)46-44-34(4-6-38(49)36(44)26-53-46)42-24-32-22-30(2-8-40(32)55-42)28-59-19-15-57(12-10-51)16-20-59/h1-8,21-24,45-46,52-55H,9-20,25-28,50-51H2. The second-order valence-electron chi connectivity index (χ2n) is 17.0. The van der Waals surface area contributed by atoms with Gasteiger partial charge in [0.1, 0.15) is 0 Å². The normalized spacial score (nSPS) is 20.4. The van der Waals surface area contributed by atoms with Crippen LogP contribution in [0, 0.1) is 0 Å². The molecule has 0 spiro atoms. The molecule has 0 aliphatic carbocycles. The summed E-state index contributed by atoms with van der Waals surface area (Å²) in [5.41, 5.74) is 24.0. The van der Waals surface area contributed by atoms with Crippen LogP contribution in [0.15, 0.2) is 72.8 Å². The molecule has 4 aromatic carbocycles. The lowest BCUT2D eigenvalue weighted by Crippen LogP contribution is -2.47. The summed E-state index contributed by atoms with van der Waals surface area (Å²) in [5.74, 6) is 0.0504. The van der Waals surface area contributed by atoms with E-state index in [0.29, 0.717) is 36.2 Å². The maximum atomic E-state index is 15.0. The summed E-state index contributed by atoms with van der Waals surface area (Å²) in [7, 11) is 0. The summed E-state index contributed by atoms with van der Waals surface area (Å²) in [6.07, 6.45) is 0. The first-order valence-electron chi connectivity index (χ1n) is 21.5. The summed E-state index contributed by atoms with van der Waals surface area (Å²) < 4.78 is 0. The minimum Gasteiger partial charge on any atom is -0.355 e. The average Bonchev–Trinajstić information content (AvgIpc) is 4.08. The number of benzene rings is 4. The van der Waals surface area contributed by atoms with Gasteiger partial charge in [-0.15, -0.1) is 0 Å². The van der Waals surface area contributed by atoms with E-state index in [1.54, 1.807) is 0 Å². The first-order chi connectivity index (χ1) is 29.3. The van der Waals surface area contributed by atoms with E-state index in [1.807, 2.05) is 12.1 Å². The van der Waals surface area contributed by atoms with E-state index in [1.165, 1.54) is 11.1 Å². The van der Waals surface area contributed by atoms with Crippen LogP contribution in [-0.2, 0) is 31.0 Å². The van der Waals surface area contributed by atoms with Gasteiger partial charge < -0.3 is 21.4 Å². The van der Waals surface area contributed by atoms with Crippen LogP contribution in [0.2, 0.25) is 10.0 Å². The number of fused-ring (bicyclic) bond motifs is 4. The van der Waals surface area contributed by atoms with Crippen LogP contribution in [0.3, 0.4) is 0 Å². The van der Waals surface area contributed by atoms with Crippen molar-refractivity contribution in [1.82, 2.24) is 40.2 Å². The zero-order valence-electron chi connectivity index (χ0n) is 34.0. The molecule has 0 bridgehead atoms. The SMILES string of the molecule is NCCN1CCN(Cc2ccc3[nH]c(-c4ccc(Cl)c5c4C(C(=O)C4NCc6c(Cl)ccc(-c7cc8cc(CN9CCN(CCN)CC9)ccc8[nH]7)c64)NC5)cc3c2)CC1. The van der Waals surface area contributed by atoms with Gasteiger partial charge in [-0.05, 0) is 81.9 Å². The van der Waals surface area contributed by atoms with Gasteiger partial charge in [0.15, 0.2) is 5.78 Å². The van der Waals surface area contributed by atoms with Crippen molar-refractivity contribution in [3.8, 4) is 22.5 Å². The Kier molecular flexibility index (Phi) is 11.3. The van der Waals surface area contributed by atoms with E-state index >= 15 is 4.79 Å². The number of aromatic nitrogens is 2. The van der Waals surface area contributed by atoms with Gasteiger partial charge >= 0.3 is 0 Å². The highest BCUT2D eigenvalue weighted by Gasteiger charge is 2.41. The third kappa shape index (κ3) is 7.70. The van der Waals surface area contributed by atoms with E-state index in [-0.39, 0.29) is 5.78 Å². The third-order valence-electron chi connectivity index (χ3n) is 13.3. The number of nitrogens with two attached hydrogens (primary N) is 2. The molecule has 0 saturated carbocycles. The fraction of sp³-hybridized carbons (Fsp3) is 0.383. The van der Waals surface area contributed by atoms with Crippen molar-refractivity contribution in [2.75, 3.05) is 78.5 Å². The number of nitrogens with zero attached hydrogens (tertiary/aromatic N) is 4. The summed E-state index contributed by atoms with van der Waals surface area (Å²) in [6.45, 7) is 14.6. The second kappa shape index (κ2) is 17.0. The number of ketones is 1. The quantitative estimate of drug-likeness (QED) is 0.0877. The minimum absolute atomic E-state index is 0.0504. The number of rotatable bonds is 12. The molecule has 312 valence electrons. The van der Waals surface area contributed by atoms with Gasteiger partial charge in [0.05, 0.1) is 12.1 Å². The molecular formula is C47H54Cl2N10O. The molecular weight excluding hydrogens is 791 g/mol. The fourth-order valence-corrected chi connectivity index (χ4v) is 10.6. The van der Waals surface area contributed by atoms with E-state index in [0.717, 1.165) is 145 Å². The van der Waals surface area contributed by atoms with Crippen LogP contribution in [-0.4, -0.2) is 114 Å². The fourth-order valence-electron chi connectivity index (χ4n) is 10.1. The smallest absolute Gasteiger partial charge is 0.175 e. The van der Waals surface area contributed by atoms with Crippen molar-refractivity contribution in [3.63, 3.8) is 0 Å². The maximum absolute atomic E-state index is 15.0. The lowest BCUT2D eigenvalue weighted by atomic mass is 9.87. The van der Waals surface area contributed by atoms with Gasteiger partial charge in [0.2, 0.25) is 0 Å². The molecule has 11 nitrogen and oxygen atoms in total. The summed E-state index contributed by atoms with van der Waals surface area (Å²) in [5, 5.41) is 10.8. The molecule has 4 aliphatic rings. The van der Waals surface area contributed by atoms with Crippen LogP contribution >= 0.6 is 23.2 Å². The molecule has 2 fully saturated rings. The average molecular weight is 846 g/mol. The van der Waals surface area contributed by atoms with Gasteiger partial charge in [-0.2, -0.15) is 0 Å². The van der Waals surface area contributed by atoms with Crippen molar-refractivity contribution in [2.45, 2.75) is 38.3 Å². The highest BCUT2D eigenvalue weighted by Crippen LogP contribution is 2.45. The number of aromatic amines is 2. The number of halogens is 2. The van der Waals surface area contributed by atoms with Crippen molar-refractivity contribution < 1.29 is 4.79 Å². The van der Waals surface area contributed by atoms with Crippen LogP contribution in [0.25, 0.3) is 44.3 Å². The molecule has 0 radical (unpaired) electrons. The molecule has 60 heavy (non-hydrogen) atoms. The number of nitrogens with one attached hydrogen (secondary N) is 4. The van der Waals surface area contributed by atoms with Gasteiger partial charge in [-0.3, -0.25) is 35.0 Å². The van der Waals surface area contributed by atoms with Gasteiger partial charge in [-0.25, -0.2) is 0 Å². The Morgan fingerprint density at radius 3 is 1.40 bits per heavy atom. The highest BCUT2D eigenvalue weighted by molar-refractivity contribution is 6.32. The molecule has 6 aromatic rings. The summed E-state index contributed by atoms with van der Waals surface area (Å²) in [4.78, 5) is 32.3. The number of piperazine rings is 2. The van der Waals surface area contributed by atoms with Crippen molar-refractivity contribution >= 4 is 50.8 Å². The third-order valence-corrected chi connectivity index (χ3v) is 14.0. The van der Waals surface area contributed by atoms with Crippen molar-refractivity contribution in [1.29, 1.82) is 0 Å². The zero-order valence-corrected chi connectivity index (χ0v) is 35.5. The Balaban J connectivity index is 0.912. The van der Waals surface area contributed by atoms with E-state index in [4.69, 9.17) is 34.7 Å². The molecule has 6 heterocycles. The lowest BCUT2D eigenvalue weighted by molar-refractivity contribution is -0.123. The van der Waals surface area contributed by atoms with Crippen molar-refractivity contribution in [2.24, 2.45) is 11.5 Å². The molecule has 2 unspecified atom stereocenters. The molecule has 2 saturated heterocycles. The number of Topliss-reactive ketones (excluding diaryl/α,β-unsaturated/α-hetero) is 1. The monoisotopic (exact) mass is 844 g/mol. The number of carbonyl (C=O) groups excluding carboxylic acids is 1. The van der Waals surface area contributed by atoms with Gasteiger partial charge in [0, 0.05) is 159 Å². The van der Waals surface area contributed by atoms with E-state index < -0.39 is 12.1 Å². The highest BCUT2D eigenvalue weighted by atomic mass is 35.5. The van der Waals surface area contributed by atoms with Gasteiger partial charge in [-0.1, -0.05) is 47.5 Å². The van der Waals surface area contributed by atoms with E-state index in [9.17, 15) is 0 Å². The first-order valence-corrected chi connectivity index (χ1v) is 22.3. The lowest BCUT2D eigenvalue weighted by Gasteiger charge is -2.34. The summed E-state index contributed by atoms with van der Waals surface area (Å²) in [6, 6.07) is 24.7. The molecule has 8 N–H and O–H groups in total. The number of carbonyl (C=O) groups is 1. The van der Waals surface area contributed by atoms with Crippen LogP contribution in [0.4, 0.5) is 0 Å². The molecule has 4 aliphatic heterocycles. The topological polar surface area (TPSA) is 138 Å².